The van der Waals surface area contributed by atoms with E-state index in [1.807, 2.05) is 54.6 Å². The zero-order valence-corrected chi connectivity index (χ0v) is 33.8. The lowest BCUT2D eigenvalue weighted by Crippen LogP contribution is -2.15. The smallest absolute Gasteiger partial charge is 0.164 e. The first-order chi connectivity index (χ1) is 30.0. The minimum Gasteiger partial charge on any atom is -0.228 e. The van der Waals surface area contributed by atoms with Crippen LogP contribution in [0.3, 0.4) is 0 Å². The van der Waals surface area contributed by atoms with Gasteiger partial charge in [0.25, 0.3) is 0 Å². The number of fused-ring (bicyclic) bond motifs is 5. The third kappa shape index (κ3) is 6.57. The summed E-state index contributed by atoms with van der Waals surface area (Å²) >= 11 is 0. The average Bonchev–Trinajstić information content (AvgIpc) is 3.57. The molecule has 0 amide bonds. The van der Waals surface area contributed by atoms with Crippen molar-refractivity contribution in [3.63, 3.8) is 0 Å². The van der Waals surface area contributed by atoms with Gasteiger partial charge in [0, 0.05) is 38.8 Å². The Kier molecular flexibility index (Phi) is 8.75. The summed E-state index contributed by atoms with van der Waals surface area (Å²) < 4.78 is 0. The Balaban J connectivity index is 0.995. The van der Waals surface area contributed by atoms with Gasteiger partial charge in [-0.05, 0) is 68.4 Å². The van der Waals surface area contributed by atoms with Gasteiger partial charge in [-0.1, -0.05) is 190 Å². The molecule has 5 heteroatoms. The van der Waals surface area contributed by atoms with Crippen LogP contribution in [0.1, 0.15) is 25.0 Å². The van der Waals surface area contributed by atoms with E-state index < -0.39 is 0 Å². The number of hydrogen-bond acceptors (Lipinski definition) is 5. The highest BCUT2D eigenvalue weighted by molar-refractivity contribution is 5.98. The van der Waals surface area contributed by atoms with Crippen molar-refractivity contribution in [1.29, 1.82) is 0 Å². The monoisotopic (exact) mass is 781 g/mol. The Bertz CT molecular complexity index is 3210. The van der Waals surface area contributed by atoms with Crippen LogP contribution >= 0.6 is 0 Å². The van der Waals surface area contributed by atoms with Gasteiger partial charge in [-0.3, -0.25) is 0 Å². The van der Waals surface area contributed by atoms with Crippen molar-refractivity contribution >= 4 is 10.8 Å². The average molecular weight is 782 g/mol. The zero-order valence-electron chi connectivity index (χ0n) is 33.8. The van der Waals surface area contributed by atoms with E-state index in [4.69, 9.17) is 24.9 Å². The van der Waals surface area contributed by atoms with Crippen molar-refractivity contribution in [2.45, 2.75) is 19.3 Å². The van der Waals surface area contributed by atoms with E-state index in [-0.39, 0.29) is 5.41 Å². The molecule has 0 saturated carbocycles. The van der Waals surface area contributed by atoms with Crippen molar-refractivity contribution in [3.8, 4) is 90.3 Å². The molecule has 1 aliphatic rings. The standard InChI is InChI=1S/C56H39N5/c1-56(2)48-34-44(29-30-46(48)47-31-28-36-16-12-13-27-45(36)51(47)56)55-60-53(39-21-10-5-11-22-39)59-54(61-55)43-26-15-24-41(33-43)40-23-14-25-42(32-40)50-35-49(37-17-6-3-7-18-37)57-52(58-50)38-19-8-4-9-20-38/h3-35H,1-2H3. The predicted octanol–water partition coefficient (Wildman–Crippen LogP) is 13.8. The van der Waals surface area contributed by atoms with Crippen LogP contribution in [0.2, 0.25) is 0 Å². The first kappa shape index (κ1) is 36.2. The van der Waals surface area contributed by atoms with E-state index in [0.29, 0.717) is 23.3 Å². The fourth-order valence-electron chi connectivity index (χ4n) is 8.85. The maximum Gasteiger partial charge on any atom is 0.164 e. The summed E-state index contributed by atoms with van der Waals surface area (Å²) in [5, 5.41) is 2.56. The number of benzene rings is 8. The molecular weight excluding hydrogens is 743 g/mol. The molecule has 5 nitrogen and oxygen atoms in total. The zero-order chi connectivity index (χ0) is 40.9. The van der Waals surface area contributed by atoms with Gasteiger partial charge in [0.05, 0.1) is 11.4 Å². The molecule has 0 saturated heterocycles. The topological polar surface area (TPSA) is 64.5 Å². The Labute approximate surface area is 355 Å². The van der Waals surface area contributed by atoms with Gasteiger partial charge in [0.1, 0.15) is 0 Å². The maximum absolute atomic E-state index is 5.21. The molecule has 1 aliphatic carbocycles. The third-order valence-corrected chi connectivity index (χ3v) is 11.9. The second kappa shape index (κ2) is 14.7. The predicted molar refractivity (Wildman–Crippen MR) is 249 cm³/mol. The molecule has 61 heavy (non-hydrogen) atoms. The molecule has 11 rings (SSSR count). The molecule has 0 radical (unpaired) electrons. The molecule has 2 heterocycles. The van der Waals surface area contributed by atoms with E-state index in [9.17, 15) is 0 Å². The molecule has 0 N–H and O–H groups in total. The van der Waals surface area contributed by atoms with Crippen LogP contribution in [0.5, 0.6) is 0 Å². The van der Waals surface area contributed by atoms with Crippen LogP contribution in [0.25, 0.3) is 101 Å². The molecule has 10 aromatic rings. The van der Waals surface area contributed by atoms with Crippen LogP contribution in [0, 0.1) is 0 Å². The highest BCUT2D eigenvalue weighted by Gasteiger charge is 2.37. The Hall–Kier alpha value is -7.89. The SMILES string of the molecule is CC1(C)c2cc(-c3nc(-c4ccccc4)nc(-c4cccc(-c5cccc(-c6cc(-c7ccccc7)nc(-c7ccccc7)n6)c5)c4)n3)ccc2-c2ccc3ccccc3c21. The Morgan fingerprint density at radius 2 is 0.770 bits per heavy atom. The Morgan fingerprint density at radius 1 is 0.311 bits per heavy atom. The first-order valence-electron chi connectivity index (χ1n) is 20.7. The van der Waals surface area contributed by atoms with Gasteiger partial charge in [-0.25, -0.2) is 24.9 Å². The largest absolute Gasteiger partial charge is 0.228 e. The number of hydrogen-bond donors (Lipinski definition) is 0. The fraction of sp³-hybridized carbons (Fsp3) is 0.0536. The molecule has 0 aliphatic heterocycles. The molecule has 2 aromatic heterocycles. The summed E-state index contributed by atoms with van der Waals surface area (Å²) in [6.07, 6.45) is 0. The van der Waals surface area contributed by atoms with Crippen LogP contribution in [0.15, 0.2) is 200 Å². The van der Waals surface area contributed by atoms with E-state index in [0.717, 1.165) is 55.9 Å². The summed E-state index contributed by atoms with van der Waals surface area (Å²) in [5.41, 5.74) is 14.7. The molecule has 0 atom stereocenters. The van der Waals surface area contributed by atoms with Crippen molar-refractivity contribution in [3.05, 3.63) is 211 Å². The molecule has 0 unspecified atom stereocenters. The van der Waals surface area contributed by atoms with Gasteiger partial charge in [0.15, 0.2) is 23.3 Å². The fourth-order valence-corrected chi connectivity index (χ4v) is 8.85. The van der Waals surface area contributed by atoms with Gasteiger partial charge in [-0.15, -0.1) is 0 Å². The van der Waals surface area contributed by atoms with Gasteiger partial charge in [0.2, 0.25) is 0 Å². The van der Waals surface area contributed by atoms with Gasteiger partial charge < -0.3 is 0 Å². The van der Waals surface area contributed by atoms with Crippen LogP contribution in [0.4, 0.5) is 0 Å². The summed E-state index contributed by atoms with van der Waals surface area (Å²) in [6.45, 7) is 4.66. The van der Waals surface area contributed by atoms with Gasteiger partial charge >= 0.3 is 0 Å². The molecule has 8 aromatic carbocycles. The van der Waals surface area contributed by atoms with E-state index in [2.05, 4.69) is 159 Å². The molecule has 0 spiro atoms. The number of rotatable bonds is 7. The lowest BCUT2D eigenvalue weighted by molar-refractivity contribution is 0.666. The van der Waals surface area contributed by atoms with Crippen molar-refractivity contribution in [1.82, 2.24) is 24.9 Å². The summed E-state index contributed by atoms with van der Waals surface area (Å²) in [5.74, 6) is 2.58. The summed E-state index contributed by atoms with van der Waals surface area (Å²) in [6, 6.07) is 69.6. The van der Waals surface area contributed by atoms with Crippen LogP contribution in [-0.2, 0) is 5.41 Å². The first-order valence-corrected chi connectivity index (χ1v) is 20.7. The van der Waals surface area contributed by atoms with E-state index >= 15 is 0 Å². The minimum absolute atomic E-state index is 0.208. The number of aromatic nitrogens is 5. The molecule has 288 valence electrons. The molecule has 0 fully saturated rings. The lowest BCUT2D eigenvalue weighted by atomic mass is 9.80. The highest BCUT2D eigenvalue weighted by Crippen LogP contribution is 2.52. The second-order valence-corrected chi connectivity index (χ2v) is 16.1. The van der Waals surface area contributed by atoms with Crippen molar-refractivity contribution < 1.29 is 0 Å². The molecule has 0 bridgehead atoms. The van der Waals surface area contributed by atoms with E-state index in [1.54, 1.807) is 0 Å². The second-order valence-electron chi connectivity index (χ2n) is 16.1. The third-order valence-electron chi connectivity index (χ3n) is 11.9. The Morgan fingerprint density at radius 3 is 1.43 bits per heavy atom. The highest BCUT2D eigenvalue weighted by atomic mass is 15.0. The van der Waals surface area contributed by atoms with Gasteiger partial charge in [-0.2, -0.15) is 0 Å². The van der Waals surface area contributed by atoms with Crippen LogP contribution in [-0.4, -0.2) is 24.9 Å². The van der Waals surface area contributed by atoms with E-state index in [1.165, 1.54) is 33.0 Å². The number of nitrogens with zero attached hydrogens (tertiary/aromatic N) is 5. The minimum atomic E-state index is -0.208. The normalized spacial score (nSPS) is 12.6. The molecular formula is C56H39N5. The summed E-state index contributed by atoms with van der Waals surface area (Å²) in [4.78, 5) is 25.5. The van der Waals surface area contributed by atoms with Crippen molar-refractivity contribution in [2.24, 2.45) is 0 Å². The lowest BCUT2D eigenvalue weighted by Gasteiger charge is -2.23. The quantitative estimate of drug-likeness (QED) is 0.161. The maximum atomic E-state index is 5.21. The van der Waals surface area contributed by atoms with Crippen molar-refractivity contribution in [2.75, 3.05) is 0 Å². The van der Waals surface area contributed by atoms with Crippen LogP contribution < -0.4 is 0 Å². The summed E-state index contributed by atoms with van der Waals surface area (Å²) in [7, 11) is 0.